The molecule has 0 radical (unpaired) electrons. The predicted octanol–water partition coefficient (Wildman–Crippen LogP) is 2.19. The van der Waals surface area contributed by atoms with Crippen LogP contribution in [0.3, 0.4) is 0 Å². The quantitative estimate of drug-likeness (QED) is 0.848. The summed E-state index contributed by atoms with van der Waals surface area (Å²) in [4.78, 5) is 16.2. The topological polar surface area (TPSA) is 59.4 Å². The van der Waals surface area contributed by atoms with Crippen LogP contribution in [0.1, 0.15) is 30.9 Å². The van der Waals surface area contributed by atoms with Gasteiger partial charge in [-0.05, 0) is 24.1 Å². The van der Waals surface area contributed by atoms with Crippen LogP contribution in [0.2, 0.25) is 0 Å². The van der Waals surface area contributed by atoms with Crippen LogP contribution < -0.4 is 5.32 Å². The maximum absolute atomic E-state index is 12.0. The van der Waals surface area contributed by atoms with Gasteiger partial charge < -0.3 is 10.2 Å². The molecule has 2 rings (SSSR count). The van der Waals surface area contributed by atoms with Crippen molar-refractivity contribution >= 4 is 6.03 Å². The minimum Gasteiger partial charge on any atom is -0.338 e. The molecule has 0 aromatic heterocycles. The number of unbranched alkanes of at least 4 members (excludes halogenated alkanes) is 1. The average Bonchev–Trinajstić information content (AvgIpc) is 2.56. The van der Waals surface area contributed by atoms with Crippen LogP contribution in [0.25, 0.3) is 0 Å². The van der Waals surface area contributed by atoms with Crippen molar-refractivity contribution in [1.82, 2.24) is 15.1 Å². The number of benzene rings is 1. The highest BCUT2D eigenvalue weighted by Gasteiger charge is 2.20. The maximum atomic E-state index is 12.0. The second kappa shape index (κ2) is 8.40. The van der Waals surface area contributed by atoms with E-state index in [-0.39, 0.29) is 6.03 Å². The van der Waals surface area contributed by atoms with E-state index in [0.717, 1.165) is 52.1 Å². The van der Waals surface area contributed by atoms with Crippen molar-refractivity contribution in [2.75, 3.05) is 32.7 Å². The first-order valence-corrected chi connectivity index (χ1v) is 7.97. The van der Waals surface area contributed by atoms with E-state index in [1.807, 2.05) is 29.2 Å². The summed E-state index contributed by atoms with van der Waals surface area (Å²) in [6.07, 6.45) is 2.13. The molecule has 1 saturated heterocycles. The second-order valence-corrected chi connectivity index (χ2v) is 5.66. The Morgan fingerprint density at radius 3 is 2.50 bits per heavy atom. The summed E-state index contributed by atoms with van der Waals surface area (Å²) in [5, 5.41) is 11.8. The number of nitriles is 1. The summed E-state index contributed by atoms with van der Waals surface area (Å²) < 4.78 is 0. The molecule has 0 aliphatic carbocycles. The van der Waals surface area contributed by atoms with E-state index in [9.17, 15) is 4.79 Å². The van der Waals surface area contributed by atoms with Crippen LogP contribution in [0.5, 0.6) is 0 Å². The molecular weight excluding hydrogens is 276 g/mol. The first-order chi connectivity index (χ1) is 10.7. The number of hydrogen-bond acceptors (Lipinski definition) is 3. The Morgan fingerprint density at radius 1 is 1.23 bits per heavy atom. The normalized spacial score (nSPS) is 15.4. The first kappa shape index (κ1) is 16.3. The van der Waals surface area contributed by atoms with E-state index < -0.39 is 0 Å². The minimum atomic E-state index is 0.0615. The zero-order valence-electron chi connectivity index (χ0n) is 13.2. The Kier molecular flexibility index (Phi) is 6.23. The summed E-state index contributed by atoms with van der Waals surface area (Å²) >= 11 is 0. The summed E-state index contributed by atoms with van der Waals surface area (Å²) in [6.45, 7) is 7.08. The molecule has 1 fully saturated rings. The summed E-state index contributed by atoms with van der Waals surface area (Å²) in [6, 6.07) is 9.91. The van der Waals surface area contributed by atoms with E-state index in [0.29, 0.717) is 5.56 Å². The van der Waals surface area contributed by atoms with Gasteiger partial charge in [0.05, 0.1) is 11.6 Å². The van der Waals surface area contributed by atoms with Crippen molar-refractivity contribution in [3.8, 4) is 6.07 Å². The molecule has 0 bridgehead atoms. The van der Waals surface area contributed by atoms with Crippen molar-refractivity contribution in [2.24, 2.45) is 0 Å². The molecule has 1 aromatic rings. The van der Waals surface area contributed by atoms with Gasteiger partial charge in [-0.1, -0.05) is 25.5 Å². The van der Waals surface area contributed by atoms with Crippen LogP contribution in [0.15, 0.2) is 24.3 Å². The highest BCUT2D eigenvalue weighted by Crippen LogP contribution is 2.10. The molecule has 5 heteroatoms. The fraction of sp³-hybridized carbons (Fsp3) is 0.529. The molecule has 0 spiro atoms. The monoisotopic (exact) mass is 300 g/mol. The van der Waals surface area contributed by atoms with Crippen molar-refractivity contribution < 1.29 is 4.79 Å². The van der Waals surface area contributed by atoms with E-state index in [2.05, 4.69) is 23.2 Å². The van der Waals surface area contributed by atoms with Gasteiger partial charge >= 0.3 is 6.03 Å². The fourth-order valence-corrected chi connectivity index (χ4v) is 2.54. The van der Waals surface area contributed by atoms with Gasteiger partial charge in [0.1, 0.15) is 0 Å². The molecule has 1 heterocycles. The molecule has 0 saturated carbocycles. The SMILES string of the molecule is CCCCNC(=O)N1CCN(Cc2ccc(C#N)cc2)CC1. The molecule has 0 atom stereocenters. The smallest absolute Gasteiger partial charge is 0.317 e. The summed E-state index contributed by atoms with van der Waals surface area (Å²) in [5.74, 6) is 0. The highest BCUT2D eigenvalue weighted by molar-refractivity contribution is 5.74. The van der Waals surface area contributed by atoms with Gasteiger partial charge in [0.15, 0.2) is 0 Å². The number of nitrogens with one attached hydrogen (secondary N) is 1. The highest BCUT2D eigenvalue weighted by atomic mass is 16.2. The van der Waals surface area contributed by atoms with E-state index >= 15 is 0 Å². The third kappa shape index (κ3) is 4.74. The van der Waals surface area contributed by atoms with Crippen LogP contribution in [0, 0.1) is 11.3 Å². The van der Waals surface area contributed by atoms with Crippen LogP contribution in [0.4, 0.5) is 4.79 Å². The third-order valence-electron chi connectivity index (χ3n) is 3.96. The molecule has 1 aliphatic heterocycles. The zero-order valence-corrected chi connectivity index (χ0v) is 13.2. The Bertz CT molecular complexity index is 512. The summed E-state index contributed by atoms with van der Waals surface area (Å²) in [5.41, 5.74) is 1.90. The second-order valence-electron chi connectivity index (χ2n) is 5.66. The van der Waals surface area contributed by atoms with Gasteiger partial charge in [-0.3, -0.25) is 4.90 Å². The number of hydrogen-bond donors (Lipinski definition) is 1. The van der Waals surface area contributed by atoms with Crippen LogP contribution in [-0.2, 0) is 6.54 Å². The van der Waals surface area contributed by atoms with Gasteiger partial charge in [-0.25, -0.2) is 4.79 Å². The van der Waals surface area contributed by atoms with Crippen LogP contribution >= 0.6 is 0 Å². The lowest BCUT2D eigenvalue weighted by atomic mass is 10.1. The molecule has 1 aliphatic rings. The molecular formula is C17H24N4O. The standard InChI is InChI=1S/C17H24N4O/c1-2-3-8-19-17(22)21-11-9-20(10-12-21)14-16-6-4-15(13-18)5-7-16/h4-7H,2-3,8-12,14H2,1H3,(H,19,22). The zero-order chi connectivity index (χ0) is 15.8. The number of carbonyl (C=O) groups excluding carboxylic acids is 1. The number of carbonyl (C=O) groups is 1. The van der Waals surface area contributed by atoms with Crippen molar-refractivity contribution in [3.05, 3.63) is 35.4 Å². The Hall–Kier alpha value is -2.06. The van der Waals surface area contributed by atoms with E-state index in [1.54, 1.807) is 0 Å². The maximum Gasteiger partial charge on any atom is 0.317 e. The fourth-order valence-electron chi connectivity index (χ4n) is 2.54. The Balaban J connectivity index is 1.74. The van der Waals surface area contributed by atoms with Gasteiger partial charge in [0.2, 0.25) is 0 Å². The minimum absolute atomic E-state index is 0.0615. The van der Waals surface area contributed by atoms with Gasteiger partial charge in [0.25, 0.3) is 0 Å². The predicted molar refractivity (Wildman–Crippen MR) is 86.3 cm³/mol. The number of amides is 2. The molecule has 5 nitrogen and oxygen atoms in total. The molecule has 118 valence electrons. The van der Waals surface area contributed by atoms with Crippen LogP contribution in [-0.4, -0.2) is 48.6 Å². The molecule has 1 aromatic carbocycles. The largest absolute Gasteiger partial charge is 0.338 e. The van der Waals surface area contributed by atoms with Crippen molar-refractivity contribution in [2.45, 2.75) is 26.3 Å². The average molecular weight is 300 g/mol. The summed E-state index contributed by atoms with van der Waals surface area (Å²) in [7, 11) is 0. The lowest BCUT2D eigenvalue weighted by molar-refractivity contribution is 0.135. The molecule has 0 unspecified atom stereocenters. The number of urea groups is 1. The number of nitrogens with zero attached hydrogens (tertiary/aromatic N) is 3. The first-order valence-electron chi connectivity index (χ1n) is 7.97. The van der Waals surface area contributed by atoms with E-state index in [1.165, 1.54) is 5.56 Å². The molecule has 2 amide bonds. The Labute approximate surface area is 132 Å². The number of piperazine rings is 1. The van der Waals surface area contributed by atoms with Gasteiger partial charge in [-0.2, -0.15) is 5.26 Å². The Morgan fingerprint density at radius 2 is 1.91 bits per heavy atom. The van der Waals surface area contributed by atoms with Gasteiger partial charge in [0, 0.05) is 39.3 Å². The van der Waals surface area contributed by atoms with E-state index in [4.69, 9.17) is 5.26 Å². The van der Waals surface area contributed by atoms with Crippen molar-refractivity contribution in [3.63, 3.8) is 0 Å². The third-order valence-corrected chi connectivity index (χ3v) is 3.96. The lowest BCUT2D eigenvalue weighted by Crippen LogP contribution is -2.51. The lowest BCUT2D eigenvalue weighted by Gasteiger charge is -2.34. The number of rotatable bonds is 5. The molecule has 22 heavy (non-hydrogen) atoms. The van der Waals surface area contributed by atoms with Crippen molar-refractivity contribution in [1.29, 1.82) is 5.26 Å². The molecule has 1 N–H and O–H groups in total. The van der Waals surface area contributed by atoms with Gasteiger partial charge in [-0.15, -0.1) is 0 Å².